The zero-order chi connectivity index (χ0) is 11.6. The Morgan fingerprint density at radius 1 is 1.47 bits per heavy atom. The molecule has 0 aliphatic carbocycles. The lowest BCUT2D eigenvalue weighted by atomic mass is 9.97. The van der Waals surface area contributed by atoms with Crippen molar-refractivity contribution in [2.45, 2.75) is 26.3 Å². The summed E-state index contributed by atoms with van der Waals surface area (Å²) < 4.78 is 0.833. The van der Waals surface area contributed by atoms with Gasteiger partial charge >= 0.3 is 0 Å². The van der Waals surface area contributed by atoms with Gasteiger partial charge in [-0.25, -0.2) is 0 Å². The first-order valence-corrected chi connectivity index (χ1v) is 6.02. The molecule has 4 heteroatoms. The van der Waals surface area contributed by atoms with Crippen LogP contribution in [0.25, 0.3) is 0 Å². The smallest absolute Gasteiger partial charge is 0.139 e. The molecule has 0 spiro atoms. The molecule has 1 aromatic rings. The van der Waals surface area contributed by atoms with E-state index in [0.29, 0.717) is 16.5 Å². The Bertz CT molecular complexity index is 355. The van der Waals surface area contributed by atoms with Crippen molar-refractivity contribution in [2.24, 2.45) is 11.7 Å². The van der Waals surface area contributed by atoms with E-state index in [2.05, 4.69) is 29.8 Å². The van der Waals surface area contributed by atoms with E-state index in [9.17, 15) is 5.11 Å². The van der Waals surface area contributed by atoms with Crippen molar-refractivity contribution < 1.29 is 5.11 Å². The van der Waals surface area contributed by atoms with Crippen LogP contribution in [0.15, 0.2) is 16.6 Å². The maximum absolute atomic E-state index is 9.77. The summed E-state index contributed by atoms with van der Waals surface area (Å²) in [5.41, 5.74) is 6.69. The third-order valence-electron chi connectivity index (χ3n) is 2.18. The molecule has 0 aromatic heterocycles. The largest absolute Gasteiger partial charge is 0.506 e. The molecule has 15 heavy (non-hydrogen) atoms. The highest BCUT2D eigenvalue weighted by Crippen LogP contribution is 2.35. The van der Waals surface area contributed by atoms with Crippen LogP contribution in [0.3, 0.4) is 0 Å². The van der Waals surface area contributed by atoms with Crippen LogP contribution in [0.2, 0.25) is 5.02 Å². The van der Waals surface area contributed by atoms with E-state index in [1.54, 1.807) is 6.07 Å². The highest BCUT2D eigenvalue weighted by Gasteiger charge is 2.15. The van der Waals surface area contributed by atoms with Gasteiger partial charge in [-0.1, -0.05) is 41.4 Å². The third-order valence-corrected chi connectivity index (χ3v) is 2.93. The fraction of sp³-hybridized carbons (Fsp3) is 0.455. The maximum atomic E-state index is 9.77. The second kappa shape index (κ2) is 5.19. The van der Waals surface area contributed by atoms with E-state index in [1.165, 1.54) is 0 Å². The molecule has 2 nitrogen and oxygen atoms in total. The number of benzene rings is 1. The number of hydrogen-bond acceptors (Lipinski definition) is 2. The summed E-state index contributed by atoms with van der Waals surface area (Å²) in [6.45, 7) is 4.19. The summed E-state index contributed by atoms with van der Waals surface area (Å²) in [5, 5.41) is 10.1. The molecule has 0 aliphatic heterocycles. The van der Waals surface area contributed by atoms with Crippen molar-refractivity contribution in [3.63, 3.8) is 0 Å². The first kappa shape index (κ1) is 12.8. The number of rotatable bonds is 3. The Balaban J connectivity index is 3.02. The Labute approximate surface area is 104 Å². The molecule has 1 atom stereocenters. The predicted molar refractivity (Wildman–Crippen MR) is 67.2 cm³/mol. The quantitative estimate of drug-likeness (QED) is 0.889. The minimum Gasteiger partial charge on any atom is -0.506 e. The average Bonchev–Trinajstić information content (AvgIpc) is 2.09. The Morgan fingerprint density at radius 2 is 2.07 bits per heavy atom. The molecule has 0 amide bonds. The third kappa shape index (κ3) is 3.37. The first-order valence-electron chi connectivity index (χ1n) is 4.85. The summed E-state index contributed by atoms with van der Waals surface area (Å²) >= 11 is 9.19. The van der Waals surface area contributed by atoms with Crippen LogP contribution >= 0.6 is 27.5 Å². The van der Waals surface area contributed by atoms with Gasteiger partial charge in [0.15, 0.2) is 0 Å². The summed E-state index contributed by atoms with van der Waals surface area (Å²) in [4.78, 5) is 0. The zero-order valence-electron chi connectivity index (χ0n) is 8.80. The van der Waals surface area contributed by atoms with Crippen molar-refractivity contribution in [2.75, 3.05) is 0 Å². The number of aromatic hydroxyl groups is 1. The fourth-order valence-corrected chi connectivity index (χ4v) is 2.34. The molecule has 0 fully saturated rings. The standard InChI is InChI=1S/C11H15BrClNO/c1-6(2)3-10(14)8-4-7(12)5-9(13)11(8)15/h4-6,10,15H,3,14H2,1-2H3/t10-/m1/s1. The number of halogens is 2. The van der Waals surface area contributed by atoms with Crippen LogP contribution in [0, 0.1) is 5.92 Å². The summed E-state index contributed by atoms with van der Waals surface area (Å²) in [7, 11) is 0. The number of nitrogens with two attached hydrogens (primary N) is 1. The van der Waals surface area contributed by atoms with Crippen molar-refractivity contribution in [1.29, 1.82) is 0 Å². The highest BCUT2D eigenvalue weighted by molar-refractivity contribution is 9.10. The summed E-state index contributed by atoms with van der Waals surface area (Å²) in [6.07, 6.45) is 0.820. The van der Waals surface area contributed by atoms with E-state index in [1.807, 2.05) is 6.07 Å². The fourth-order valence-electron chi connectivity index (χ4n) is 1.50. The molecule has 1 rings (SSSR count). The SMILES string of the molecule is CC(C)C[C@@H](N)c1cc(Br)cc(Cl)c1O. The van der Waals surface area contributed by atoms with E-state index in [4.69, 9.17) is 17.3 Å². The molecule has 0 heterocycles. The van der Waals surface area contributed by atoms with Gasteiger partial charge in [-0.05, 0) is 24.5 Å². The molecule has 3 N–H and O–H groups in total. The van der Waals surface area contributed by atoms with Gasteiger partial charge in [0.25, 0.3) is 0 Å². The lowest BCUT2D eigenvalue weighted by Crippen LogP contribution is -2.13. The molecule has 0 bridgehead atoms. The van der Waals surface area contributed by atoms with Crippen LogP contribution in [0.5, 0.6) is 5.75 Å². The molecule has 0 saturated carbocycles. The number of phenols is 1. The number of hydrogen-bond donors (Lipinski definition) is 2. The van der Waals surface area contributed by atoms with Crippen LogP contribution in [0.1, 0.15) is 31.9 Å². The van der Waals surface area contributed by atoms with Gasteiger partial charge in [-0.15, -0.1) is 0 Å². The molecular formula is C11H15BrClNO. The molecule has 0 aliphatic rings. The van der Waals surface area contributed by atoms with E-state index >= 15 is 0 Å². The predicted octanol–water partition coefficient (Wildman–Crippen LogP) is 3.85. The van der Waals surface area contributed by atoms with Gasteiger partial charge in [0.05, 0.1) is 5.02 Å². The van der Waals surface area contributed by atoms with Gasteiger partial charge in [-0.2, -0.15) is 0 Å². The van der Waals surface area contributed by atoms with Gasteiger partial charge in [0.1, 0.15) is 5.75 Å². The van der Waals surface area contributed by atoms with Gasteiger partial charge < -0.3 is 10.8 Å². The second-order valence-corrected chi connectivity index (χ2v) is 5.38. The molecule has 0 saturated heterocycles. The van der Waals surface area contributed by atoms with E-state index < -0.39 is 0 Å². The van der Waals surface area contributed by atoms with Crippen molar-refractivity contribution in [3.05, 3.63) is 27.2 Å². The Kier molecular flexibility index (Phi) is 4.44. The van der Waals surface area contributed by atoms with Crippen LogP contribution < -0.4 is 5.73 Å². The maximum Gasteiger partial charge on any atom is 0.139 e. The Hall–Kier alpha value is -0.250. The van der Waals surface area contributed by atoms with Crippen LogP contribution in [-0.4, -0.2) is 5.11 Å². The van der Waals surface area contributed by atoms with Crippen molar-refractivity contribution in [1.82, 2.24) is 0 Å². The van der Waals surface area contributed by atoms with Gasteiger partial charge in [0, 0.05) is 16.1 Å². The van der Waals surface area contributed by atoms with Crippen molar-refractivity contribution >= 4 is 27.5 Å². The molecule has 0 unspecified atom stereocenters. The normalized spacial score (nSPS) is 13.2. The van der Waals surface area contributed by atoms with Crippen LogP contribution in [0.4, 0.5) is 0 Å². The van der Waals surface area contributed by atoms with Gasteiger partial charge in [-0.3, -0.25) is 0 Å². The Morgan fingerprint density at radius 3 is 2.60 bits per heavy atom. The number of phenolic OH excluding ortho intramolecular Hbond substituents is 1. The van der Waals surface area contributed by atoms with E-state index in [-0.39, 0.29) is 11.8 Å². The summed E-state index contributed by atoms with van der Waals surface area (Å²) in [6, 6.07) is 3.29. The zero-order valence-corrected chi connectivity index (χ0v) is 11.1. The minimum absolute atomic E-state index is 0.0908. The monoisotopic (exact) mass is 291 g/mol. The lowest BCUT2D eigenvalue weighted by molar-refractivity contribution is 0.445. The molecule has 84 valence electrons. The molecule has 0 radical (unpaired) electrons. The highest BCUT2D eigenvalue weighted by atomic mass is 79.9. The minimum atomic E-state index is -0.181. The van der Waals surface area contributed by atoms with Crippen LogP contribution in [-0.2, 0) is 0 Å². The van der Waals surface area contributed by atoms with Crippen molar-refractivity contribution in [3.8, 4) is 5.75 Å². The van der Waals surface area contributed by atoms with Gasteiger partial charge in [0.2, 0.25) is 0 Å². The first-order chi connectivity index (χ1) is 6.91. The topological polar surface area (TPSA) is 46.2 Å². The second-order valence-electron chi connectivity index (χ2n) is 4.06. The lowest BCUT2D eigenvalue weighted by Gasteiger charge is -2.16. The van der Waals surface area contributed by atoms with E-state index in [0.717, 1.165) is 10.9 Å². The molecular weight excluding hydrogens is 277 g/mol. The molecule has 1 aromatic carbocycles. The summed E-state index contributed by atoms with van der Waals surface area (Å²) in [5.74, 6) is 0.574. The average molecular weight is 293 g/mol.